The molecule has 0 saturated heterocycles. The van der Waals surface area contributed by atoms with Crippen LogP contribution in [0.15, 0.2) is 0 Å². The maximum atomic E-state index is 8.44. The van der Waals surface area contributed by atoms with Crippen LogP contribution >= 0.6 is 0 Å². The molecule has 7 heavy (non-hydrogen) atoms. The number of hydrogen-bond acceptors (Lipinski definition) is 3. The summed E-state index contributed by atoms with van der Waals surface area (Å²) in [6.45, 7) is 0. The molecular weight excluding hydrogens is 111 g/mol. The zero-order chi connectivity index (χ0) is 5.58. The predicted octanol–water partition coefficient (Wildman–Crippen LogP) is -4.50. The summed E-state index contributed by atoms with van der Waals surface area (Å²) < 4.78 is 0. The second kappa shape index (κ2) is 16.3. The number of carboxylic acid groups (broad SMARTS) is 2. The van der Waals surface area contributed by atoms with Crippen molar-refractivity contribution in [3.63, 3.8) is 0 Å². The zero-order valence-corrected chi connectivity index (χ0v) is 6.21. The van der Waals surface area contributed by atoms with Crippen molar-refractivity contribution in [1.29, 1.82) is 0 Å². The first-order valence-electron chi connectivity index (χ1n) is 1.08. The topological polar surface area (TPSA) is 80.6 Å². The predicted molar refractivity (Wildman–Crippen MR) is 16.2 cm³/mol. The Balaban J connectivity index is -0.0000000480. The summed E-state index contributed by atoms with van der Waals surface area (Å²) in [7, 11) is 1.00. The number of aliphatic hydroxyl groups is 1. The van der Waals surface area contributed by atoms with Crippen LogP contribution in [0.3, 0.4) is 0 Å². The van der Waals surface area contributed by atoms with Gasteiger partial charge in [-0.2, -0.15) is 0 Å². The van der Waals surface area contributed by atoms with Gasteiger partial charge in [0.05, 0.1) is 0 Å². The van der Waals surface area contributed by atoms with E-state index in [0.717, 1.165) is 7.11 Å². The molecule has 0 bridgehead atoms. The van der Waals surface area contributed by atoms with Crippen molar-refractivity contribution in [3.8, 4) is 0 Å². The fourth-order valence-electron chi connectivity index (χ4n) is 0. The molecule has 0 fully saturated rings. The SMILES string of the molecule is CO.O=C([O-])O.[Na+]. The standard InChI is InChI=1S/CH2O3.CH4O.Na/c2-1(3)4;1-2;/h(H2,2,3,4);2H,1H3;/q;;+1/p-1. The Labute approximate surface area is 63.1 Å². The third kappa shape index (κ3) is 2110. The van der Waals surface area contributed by atoms with Gasteiger partial charge in [0.1, 0.15) is 0 Å². The van der Waals surface area contributed by atoms with Crippen LogP contribution in [0, 0.1) is 0 Å². The molecule has 0 radical (unpaired) electrons. The first kappa shape index (κ1) is 15.7. The first-order valence-corrected chi connectivity index (χ1v) is 1.08. The Bertz CT molecular complexity index is 32.7. The van der Waals surface area contributed by atoms with E-state index in [2.05, 4.69) is 0 Å². The van der Waals surface area contributed by atoms with Crippen molar-refractivity contribution in [3.05, 3.63) is 0 Å². The fourth-order valence-corrected chi connectivity index (χ4v) is 0. The summed E-state index contributed by atoms with van der Waals surface area (Å²) in [4.78, 5) is 8.44. The van der Waals surface area contributed by atoms with Gasteiger partial charge in [-0.3, -0.25) is 0 Å². The molecule has 0 aliphatic carbocycles. The zero-order valence-electron chi connectivity index (χ0n) is 4.21. The third-order valence-electron chi connectivity index (χ3n) is 0. The van der Waals surface area contributed by atoms with Gasteiger partial charge in [-0.15, -0.1) is 0 Å². The molecular formula is C2H5NaO4. The average Bonchev–Trinajstić information content (AvgIpc) is 1.41. The molecule has 5 heteroatoms. The summed E-state index contributed by atoms with van der Waals surface area (Å²) in [5.74, 6) is 0. The average molecular weight is 116 g/mol. The Morgan fingerprint density at radius 2 is 1.57 bits per heavy atom. The van der Waals surface area contributed by atoms with Crippen molar-refractivity contribution in [2.24, 2.45) is 0 Å². The van der Waals surface area contributed by atoms with E-state index >= 15 is 0 Å². The van der Waals surface area contributed by atoms with Crippen LogP contribution in [-0.4, -0.2) is 23.5 Å². The van der Waals surface area contributed by atoms with Gasteiger partial charge in [0.15, 0.2) is 0 Å². The Morgan fingerprint density at radius 1 is 1.57 bits per heavy atom. The van der Waals surface area contributed by atoms with Gasteiger partial charge in [0.2, 0.25) is 6.16 Å². The van der Waals surface area contributed by atoms with Crippen LogP contribution in [0.5, 0.6) is 0 Å². The monoisotopic (exact) mass is 116 g/mol. The molecule has 0 unspecified atom stereocenters. The van der Waals surface area contributed by atoms with E-state index in [0.29, 0.717) is 0 Å². The van der Waals surface area contributed by atoms with E-state index in [4.69, 9.17) is 20.1 Å². The molecule has 0 aromatic heterocycles. The molecule has 4 nitrogen and oxygen atoms in total. The normalized spacial score (nSPS) is 4.29. The molecule has 0 atom stereocenters. The van der Waals surface area contributed by atoms with Gasteiger partial charge in [0.25, 0.3) is 0 Å². The number of aliphatic hydroxyl groups excluding tert-OH is 1. The number of carbonyl (C=O) groups is 1. The molecule has 0 aromatic rings. The largest absolute Gasteiger partial charge is 1.00 e. The van der Waals surface area contributed by atoms with Crippen molar-refractivity contribution < 1.29 is 49.7 Å². The summed E-state index contributed by atoms with van der Waals surface area (Å²) in [5, 5.41) is 22.3. The van der Waals surface area contributed by atoms with Crippen molar-refractivity contribution in [2.75, 3.05) is 7.11 Å². The molecule has 0 aliphatic heterocycles. The molecule has 0 aliphatic rings. The van der Waals surface area contributed by atoms with Crippen LogP contribution < -0.4 is 34.7 Å². The summed E-state index contributed by atoms with van der Waals surface area (Å²) in [5.41, 5.74) is 0. The van der Waals surface area contributed by atoms with Crippen LogP contribution in [-0.2, 0) is 0 Å². The van der Waals surface area contributed by atoms with Crippen LogP contribution in [0.25, 0.3) is 0 Å². The fraction of sp³-hybridized carbons (Fsp3) is 0.500. The van der Waals surface area contributed by atoms with E-state index in [-0.39, 0.29) is 29.6 Å². The van der Waals surface area contributed by atoms with Gasteiger partial charge in [0, 0.05) is 7.11 Å². The van der Waals surface area contributed by atoms with E-state index in [9.17, 15) is 0 Å². The number of hydrogen-bond donors (Lipinski definition) is 2. The van der Waals surface area contributed by atoms with Crippen LogP contribution in [0.4, 0.5) is 4.79 Å². The molecule has 0 amide bonds. The maximum Gasteiger partial charge on any atom is 1.00 e. The molecule has 38 valence electrons. The number of rotatable bonds is 0. The Kier molecular flexibility index (Phi) is 36.6. The van der Waals surface area contributed by atoms with Crippen molar-refractivity contribution in [1.82, 2.24) is 0 Å². The smallest absolute Gasteiger partial charge is 0.565 e. The second-order valence-electron chi connectivity index (χ2n) is 0.266. The van der Waals surface area contributed by atoms with E-state index in [1.165, 1.54) is 0 Å². The van der Waals surface area contributed by atoms with Gasteiger partial charge in [-0.05, 0) is 0 Å². The Morgan fingerprint density at radius 3 is 1.57 bits per heavy atom. The maximum absolute atomic E-state index is 8.44. The van der Waals surface area contributed by atoms with E-state index in [1.807, 2.05) is 0 Å². The summed E-state index contributed by atoms with van der Waals surface area (Å²) in [6.07, 6.45) is -2.08. The summed E-state index contributed by atoms with van der Waals surface area (Å²) in [6, 6.07) is 0. The van der Waals surface area contributed by atoms with E-state index in [1.54, 1.807) is 0 Å². The van der Waals surface area contributed by atoms with Crippen LogP contribution in [0.2, 0.25) is 0 Å². The quantitative estimate of drug-likeness (QED) is 0.312. The first-order chi connectivity index (χ1) is 2.73. The summed E-state index contributed by atoms with van der Waals surface area (Å²) >= 11 is 0. The third-order valence-corrected chi connectivity index (χ3v) is 0. The van der Waals surface area contributed by atoms with Gasteiger partial charge in [-0.25, -0.2) is 0 Å². The second-order valence-corrected chi connectivity index (χ2v) is 0.266. The minimum absolute atomic E-state index is 0. The minimum atomic E-state index is -2.08. The molecule has 2 N–H and O–H groups in total. The van der Waals surface area contributed by atoms with Gasteiger partial charge >= 0.3 is 29.6 Å². The molecule has 0 heterocycles. The minimum Gasteiger partial charge on any atom is -0.565 e. The Hall–Kier alpha value is 0.230. The van der Waals surface area contributed by atoms with E-state index < -0.39 is 6.16 Å². The molecule has 0 rings (SSSR count). The molecule has 0 spiro atoms. The van der Waals surface area contributed by atoms with Crippen molar-refractivity contribution in [2.45, 2.75) is 0 Å². The van der Waals surface area contributed by atoms with Crippen molar-refractivity contribution >= 4 is 6.16 Å². The van der Waals surface area contributed by atoms with Gasteiger partial charge < -0.3 is 20.1 Å². The molecule has 0 saturated carbocycles. The molecule has 0 aromatic carbocycles. The van der Waals surface area contributed by atoms with Crippen LogP contribution in [0.1, 0.15) is 0 Å². The van der Waals surface area contributed by atoms with Gasteiger partial charge in [-0.1, -0.05) is 0 Å².